The molecule has 0 unspecified atom stereocenters. The lowest BCUT2D eigenvalue weighted by molar-refractivity contribution is -0.137. The van der Waals surface area contributed by atoms with Gasteiger partial charge < -0.3 is 13.9 Å². The van der Waals surface area contributed by atoms with E-state index in [2.05, 4.69) is 10.2 Å². The summed E-state index contributed by atoms with van der Waals surface area (Å²) in [5, 5.41) is 8.21. The summed E-state index contributed by atoms with van der Waals surface area (Å²) in [7, 11) is 0. The lowest BCUT2D eigenvalue weighted by atomic mass is 9.99. The van der Waals surface area contributed by atoms with Crippen LogP contribution in [0.1, 0.15) is 36.4 Å². The molecule has 0 N–H and O–H groups in total. The highest BCUT2D eigenvalue weighted by molar-refractivity contribution is 5.59. The molecular weight excluding hydrogens is 397 g/mol. The van der Waals surface area contributed by atoms with Crippen LogP contribution in [0.4, 0.5) is 13.2 Å². The molecule has 0 fully saturated rings. The number of hydrogen-bond acceptors (Lipinski definition) is 5. The van der Waals surface area contributed by atoms with Crippen LogP contribution in [-0.2, 0) is 28.5 Å². The molecule has 8 heteroatoms. The molecular formula is C22H23F3N2O3. The fourth-order valence-corrected chi connectivity index (χ4v) is 3.04. The maximum Gasteiger partial charge on any atom is 0.416 e. The fraction of sp³-hybridized carbons (Fsp3) is 0.364. The predicted octanol–water partition coefficient (Wildman–Crippen LogP) is 5.29. The van der Waals surface area contributed by atoms with Gasteiger partial charge in [-0.3, -0.25) is 0 Å². The second-order valence-electron chi connectivity index (χ2n) is 6.57. The number of hydrogen-bond donors (Lipinski definition) is 0. The smallest absolute Gasteiger partial charge is 0.416 e. The van der Waals surface area contributed by atoms with Crippen molar-refractivity contribution in [2.45, 2.75) is 39.2 Å². The molecule has 1 heterocycles. The first-order valence-electron chi connectivity index (χ1n) is 9.70. The van der Waals surface area contributed by atoms with E-state index in [-0.39, 0.29) is 0 Å². The van der Waals surface area contributed by atoms with Gasteiger partial charge in [-0.2, -0.15) is 13.2 Å². The molecule has 0 aliphatic rings. The molecule has 30 heavy (non-hydrogen) atoms. The molecule has 160 valence electrons. The second kappa shape index (κ2) is 9.86. The summed E-state index contributed by atoms with van der Waals surface area (Å²) in [6, 6.07) is 12.6. The van der Waals surface area contributed by atoms with E-state index in [0.29, 0.717) is 37.8 Å². The van der Waals surface area contributed by atoms with Gasteiger partial charge in [-0.1, -0.05) is 30.3 Å². The van der Waals surface area contributed by atoms with Crippen LogP contribution in [0.25, 0.3) is 11.5 Å². The van der Waals surface area contributed by atoms with Crippen molar-refractivity contribution in [1.82, 2.24) is 10.2 Å². The molecule has 2 aromatic carbocycles. The first-order valence-corrected chi connectivity index (χ1v) is 9.70. The van der Waals surface area contributed by atoms with Crippen molar-refractivity contribution < 1.29 is 27.1 Å². The van der Waals surface area contributed by atoms with Crippen LogP contribution in [0.3, 0.4) is 0 Å². The number of benzene rings is 2. The first kappa shape index (κ1) is 22.0. The summed E-state index contributed by atoms with van der Waals surface area (Å²) in [4.78, 5) is 0. The Kier molecular flexibility index (Phi) is 7.23. The van der Waals surface area contributed by atoms with E-state index in [4.69, 9.17) is 13.9 Å². The van der Waals surface area contributed by atoms with Crippen molar-refractivity contribution in [2.24, 2.45) is 0 Å². The number of ether oxygens (including phenoxy) is 2. The average molecular weight is 420 g/mol. The average Bonchev–Trinajstić information content (AvgIpc) is 3.17. The summed E-state index contributed by atoms with van der Waals surface area (Å²) in [6.07, 6.45) is -4.05. The molecule has 0 bridgehead atoms. The molecule has 0 amide bonds. The molecule has 0 radical (unpaired) electrons. The summed E-state index contributed by atoms with van der Waals surface area (Å²) >= 11 is 0. The number of halogens is 3. The van der Waals surface area contributed by atoms with Gasteiger partial charge in [0.1, 0.15) is 0 Å². The molecule has 0 aliphatic carbocycles. The third-order valence-electron chi connectivity index (χ3n) is 4.44. The molecule has 0 saturated carbocycles. The molecule has 0 aliphatic heterocycles. The summed E-state index contributed by atoms with van der Waals surface area (Å²) in [6.45, 7) is 4.76. The first-order chi connectivity index (χ1) is 14.4. The number of alkyl halides is 3. The van der Waals surface area contributed by atoms with Crippen molar-refractivity contribution in [3.05, 3.63) is 71.1 Å². The quantitative estimate of drug-likeness (QED) is 0.441. The van der Waals surface area contributed by atoms with Gasteiger partial charge in [-0.15, -0.1) is 10.2 Å². The van der Waals surface area contributed by atoms with Crippen LogP contribution >= 0.6 is 0 Å². The van der Waals surface area contributed by atoms with Crippen LogP contribution < -0.4 is 0 Å². The zero-order chi connectivity index (χ0) is 21.6. The minimum Gasteiger partial charge on any atom is -0.420 e. The maximum absolute atomic E-state index is 12.8. The van der Waals surface area contributed by atoms with E-state index in [9.17, 15) is 13.2 Å². The molecule has 1 aromatic heterocycles. The SMILES string of the molecule is CCOC(Cc1nnc(-c2ccccc2Cc2ccc(C(F)(F)F)cc2)o1)OCC. The Morgan fingerprint density at radius 2 is 1.60 bits per heavy atom. The van der Waals surface area contributed by atoms with Gasteiger partial charge >= 0.3 is 6.18 Å². The Morgan fingerprint density at radius 1 is 0.933 bits per heavy atom. The minimum atomic E-state index is -4.35. The Labute approximate surface area is 172 Å². The van der Waals surface area contributed by atoms with Crippen LogP contribution in [0.2, 0.25) is 0 Å². The lowest BCUT2D eigenvalue weighted by Crippen LogP contribution is -2.20. The highest BCUT2D eigenvalue weighted by Gasteiger charge is 2.30. The third-order valence-corrected chi connectivity index (χ3v) is 4.44. The number of nitrogens with zero attached hydrogens (tertiary/aromatic N) is 2. The minimum absolute atomic E-state index is 0.329. The van der Waals surface area contributed by atoms with Gasteiger partial charge in [-0.05, 0) is 49.6 Å². The van der Waals surface area contributed by atoms with Crippen LogP contribution in [0, 0.1) is 0 Å². The van der Waals surface area contributed by atoms with Crippen molar-refractivity contribution in [2.75, 3.05) is 13.2 Å². The van der Waals surface area contributed by atoms with Crippen molar-refractivity contribution in [3.63, 3.8) is 0 Å². The number of rotatable bonds is 9. The summed E-state index contributed by atoms with van der Waals surface area (Å²) in [5.41, 5.74) is 1.70. The van der Waals surface area contributed by atoms with Crippen LogP contribution in [-0.4, -0.2) is 29.7 Å². The van der Waals surface area contributed by atoms with E-state index in [1.54, 1.807) is 0 Å². The Bertz CT molecular complexity index is 933. The maximum atomic E-state index is 12.8. The van der Waals surface area contributed by atoms with Crippen molar-refractivity contribution in [1.29, 1.82) is 0 Å². The van der Waals surface area contributed by atoms with Crippen molar-refractivity contribution in [3.8, 4) is 11.5 Å². The lowest BCUT2D eigenvalue weighted by Gasteiger charge is -2.14. The van der Waals surface area contributed by atoms with Gasteiger partial charge in [0.2, 0.25) is 11.8 Å². The zero-order valence-electron chi connectivity index (χ0n) is 16.8. The predicted molar refractivity (Wildman–Crippen MR) is 105 cm³/mol. The van der Waals surface area contributed by atoms with Crippen molar-refractivity contribution >= 4 is 0 Å². The fourth-order valence-electron chi connectivity index (χ4n) is 3.04. The Morgan fingerprint density at radius 3 is 2.23 bits per heavy atom. The van der Waals surface area contributed by atoms with Gasteiger partial charge in [0, 0.05) is 18.8 Å². The van der Waals surface area contributed by atoms with Gasteiger partial charge in [0.05, 0.1) is 12.0 Å². The van der Waals surface area contributed by atoms with E-state index >= 15 is 0 Å². The summed E-state index contributed by atoms with van der Waals surface area (Å²) < 4.78 is 55.1. The highest BCUT2D eigenvalue weighted by Crippen LogP contribution is 2.30. The molecule has 5 nitrogen and oxygen atoms in total. The monoisotopic (exact) mass is 420 g/mol. The van der Waals surface area contributed by atoms with E-state index in [1.807, 2.05) is 38.1 Å². The third kappa shape index (κ3) is 5.67. The van der Waals surface area contributed by atoms with Crippen LogP contribution in [0.15, 0.2) is 52.9 Å². The Hall–Kier alpha value is -2.71. The number of aromatic nitrogens is 2. The highest BCUT2D eigenvalue weighted by atomic mass is 19.4. The largest absolute Gasteiger partial charge is 0.420 e. The van der Waals surface area contributed by atoms with Crippen LogP contribution in [0.5, 0.6) is 0 Å². The van der Waals surface area contributed by atoms with Gasteiger partial charge in [0.25, 0.3) is 0 Å². The molecule has 3 aromatic rings. The second-order valence-corrected chi connectivity index (χ2v) is 6.57. The van der Waals surface area contributed by atoms with Gasteiger partial charge in [0.15, 0.2) is 6.29 Å². The standard InChI is InChI=1S/C22H23F3N2O3/c1-3-28-20(29-4-2)14-19-26-27-21(30-19)18-8-6-5-7-16(18)13-15-9-11-17(12-10-15)22(23,24)25/h5-12,20H,3-4,13-14H2,1-2H3. The zero-order valence-corrected chi connectivity index (χ0v) is 16.8. The van der Waals surface area contributed by atoms with E-state index in [0.717, 1.165) is 28.8 Å². The molecule has 0 spiro atoms. The molecule has 0 atom stereocenters. The summed E-state index contributed by atoms with van der Waals surface area (Å²) in [5.74, 6) is 0.737. The van der Waals surface area contributed by atoms with E-state index in [1.165, 1.54) is 12.1 Å². The normalized spacial score (nSPS) is 11.9. The van der Waals surface area contributed by atoms with Gasteiger partial charge in [-0.25, -0.2) is 0 Å². The van der Waals surface area contributed by atoms with E-state index < -0.39 is 18.0 Å². The topological polar surface area (TPSA) is 57.4 Å². The molecule has 0 saturated heterocycles. The Balaban J connectivity index is 1.78. The molecule has 3 rings (SSSR count).